The third kappa shape index (κ3) is 4.26. The van der Waals surface area contributed by atoms with E-state index >= 15 is 0 Å². The number of ether oxygens (including phenoxy) is 1. The van der Waals surface area contributed by atoms with E-state index in [9.17, 15) is 9.59 Å². The number of rotatable bonds is 5. The van der Waals surface area contributed by atoms with Crippen molar-refractivity contribution in [3.05, 3.63) is 74.6 Å². The zero-order valence-electron chi connectivity index (χ0n) is 13.2. The van der Waals surface area contributed by atoms with E-state index in [1.807, 2.05) is 12.1 Å². The summed E-state index contributed by atoms with van der Waals surface area (Å²) in [6.45, 7) is 0.233. The van der Waals surface area contributed by atoms with Gasteiger partial charge in [-0.15, -0.1) is 11.3 Å². The lowest BCUT2D eigenvalue weighted by atomic mass is 10.2. The molecule has 8 heteroatoms. The first-order valence-corrected chi connectivity index (χ1v) is 8.57. The van der Waals surface area contributed by atoms with Gasteiger partial charge in [0.05, 0.1) is 6.20 Å². The fourth-order valence-corrected chi connectivity index (χ4v) is 2.78. The highest BCUT2D eigenvalue weighted by Crippen LogP contribution is 2.14. The summed E-state index contributed by atoms with van der Waals surface area (Å²) in [5.74, 6) is -0.234. The molecule has 1 amide bonds. The molecule has 3 aromatic rings. The molecule has 3 rings (SSSR count). The predicted molar refractivity (Wildman–Crippen MR) is 97.5 cm³/mol. The van der Waals surface area contributed by atoms with Crippen LogP contribution in [0, 0.1) is 0 Å². The van der Waals surface area contributed by atoms with Crippen molar-refractivity contribution >= 4 is 34.0 Å². The molecule has 2 aromatic heterocycles. The minimum Gasteiger partial charge on any atom is -0.483 e. The molecule has 0 saturated heterocycles. The van der Waals surface area contributed by atoms with E-state index in [1.165, 1.54) is 23.6 Å². The van der Waals surface area contributed by atoms with Crippen molar-refractivity contribution < 1.29 is 9.53 Å². The van der Waals surface area contributed by atoms with E-state index in [0.717, 1.165) is 5.56 Å². The Kier molecular flexibility index (Phi) is 5.16. The summed E-state index contributed by atoms with van der Waals surface area (Å²) < 4.78 is 7.11. The quantitative estimate of drug-likeness (QED) is 0.742. The number of nitrogens with zero attached hydrogens (tertiary/aromatic N) is 2. The van der Waals surface area contributed by atoms with E-state index in [2.05, 4.69) is 10.3 Å². The number of benzene rings is 1. The maximum atomic E-state index is 12.3. The summed E-state index contributed by atoms with van der Waals surface area (Å²) in [6.07, 6.45) is 3.09. The minimum atomic E-state index is -0.404. The van der Waals surface area contributed by atoms with Gasteiger partial charge in [-0.25, -0.2) is 4.98 Å². The molecular weight excluding hydrogens is 362 g/mol. The molecule has 0 aliphatic carbocycles. The van der Waals surface area contributed by atoms with Crippen LogP contribution in [-0.2, 0) is 13.7 Å². The standard InChI is InChI=1S/C17H14ClN3O3S/c1-21-9-15(24-10-11-2-4-12(18)5-3-11)14(22)8-13(21)16(23)20-17-19-6-7-25-17/h2-9H,10H2,1H3,(H,19,20,23). The Morgan fingerprint density at radius 2 is 2.12 bits per heavy atom. The van der Waals surface area contributed by atoms with Crippen LogP contribution in [0.15, 0.2) is 52.9 Å². The molecule has 0 fully saturated rings. The number of carbonyl (C=O) groups is 1. The van der Waals surface area contributed by atoms with Gasteiger partial charge in [-0.2, -0.15) is 0 Å². The van der Waals surface area contributed by atoms with Crippen molar-refractivity contribution in [3.8, 4) is 5.75 Å². The van der Waals surface area contributed by atoms with Gasteiger partial charge in [0.1, 0.15) is 12.3 Å². The number of halogens is 1. The van der Waals surface area contributed by atoms with Gasteiger partial charge < -0.3 is 9.30 Å². The molecule has 0 aliphatic rings. The van der Waals surface area contributed by atoms with Crippen molar-refractivity contribution in [2.75, 3.05) is 5.32 Å². The van der Waals surface area contributed by atoms with Crippen LogP contribution in [0.25, 0.3) is 0 Å². The van der Waals surface area contributed by atoms with Gasteiger partial charge in [0.2, 0.25) is 5.43 Å². The topological polar surface area (TPSA) is 73.2 Å². The van der Waals surface area contributed by atoms with Gasteiger partial charge in [-0.05, 0) is 17.7 Å². The number of amides is 1. The van der Waals surface area contributed by atoms with Crippen LogP contribution in [0.4, 0.5) is 5.13 Å². The van der Waals surface area contributed by atoms with E-state index < -0.39 is 5.91 Å². The lowest BCUT2D eigenvalue weighted by Crippen LogP contribution is -2.21. The summed E-state index contributed by atoms with van der Waals surface area (Å²) in [7, 11) is 1.67. The highest BCUT2D eigenvalue weighted by molar-refractivity contribution is 7.13. The highest BCUT2D eigenvalue weighted by Gasteiger charge is 2.14. The average molecular weight is 376 g/mol. The third-order valence-electron chi connectivity index (χ3n) is 3.39. The number of hydrogen-bond acceptors (Lipinski definition) is 5. The van der Waals surface area contributed by atoms with E-state index in [0.29, 0.717) is 10.2 Å². The van der Waals surface area contributed by atoms with E-state index in [4.69, 9.17) is 16.3 Å². The van der Waals surface area contributed by atoms with Crippen LogP contribution in [-0.4, -0.2) is 15.5 Å². The van der Waals surface area contributed by atoms with Crippen molar-refractivity contribution in [2.45, 2.75) is 6.61 Å². The van der Waals surface area contributed by atoms with Crippen molar-refractivity contribution in [1.82, 2.24) is 9.55 Å². The Bertz CT molecular complexity index is 937. The summed E-state index contributed by atoms with van der Waals surface area (Å²) in [4.78, 5) is 28.5. The van der Waals surface area contributed by atoms with Crippen LogP contribution >= 0.6 is 22.9 Å². The summed E-state index contributed by atoms with van der Waals surface area (Å²) in [6, 6.07) is 8.40. The number of pyridine rings is 1. The Morgan fingerprint density at radius 1 is 1.36 bits per heavy atom. The fourth-order valence-electron chi connectivity index (χ4n) is 2.13. The molecular formula is C17H14ClN3O3S. The second-order valence-corrected chi connectivity index (χ2v) is 6.54. The molecule has 2 heterocycles. The molecule has 0 aliphatic heterocycles. The van der Waals surface area contributed by atoms with Gasteiger partial charge in [-0.1, -0.05) is 23.7 Å². The number of aromatic nitrogens is 2. The van der Waals surface area contributed by atoms with Gasteiger partial charge in [0.25, 0.3) is 5.91 Å². The fraction of sp³-hybridized carbons (Fsp3) is 0.118. The highest BCUT2D eigenvalue weighted by atomic mass is 35.5. The molecule has 0 bridgehead atoms. The molecule has 1 N–H and O–H groups in total. The molecule has 128 valence electrons. The third-order valence-corrected chi connectivity index (χ3v) is 4.34. The normalized spacial score (nSPS) is 10.5. The first-order chi connectivity index (χ1) is 12.0. The van der Waals surface area contributed by atoms with E-state index in [1.54, 1.807) is 35.3 Å². The van der Waals surface area contributed by atoms with Crippen LogP contribution in [0.1, 0.15) is 16.1 Å². The molecule has 0 atom stereocenters. The smallest absolute Gasteiger partial charge is 0.274 e. The molecule has 0 saturated carbocycles. The number of nitrogens with one attached hydrogen (secondary N) is 1. The molecule has 0 spiro atoms. The number of hydrogen-bond donors (Lipinski definition) is 1. The molecule has 0 unspecified atom stereocenters. The summed E-state index contributed by atoms with van der Waals surface area (Å²) >= 11 is 7.14. The Balaban J connectivity index is 1.74. The molecule has 25 heavy (non-hydrogen) atoms. The van der Waals surface area contributed by atoms with Crippen LogP contribution in [0.2, 0.25) is 5.02 Å². The molecule has 1 aromatic carbocycles. The zero-order chi connectivity index (χ0) is 17.8. The van der Waals surface area contributed by atoms with Crippen molar-refractivity contribution in [2.24, 2.45) is 7.05 Å². The Morgan fingerprint density at radius 3 is 2.80 bits per heavy atom. The van der Waals surface area contributed by atoms with Gasteiger partial charge >= 0.3 is 0 Å². The van der Waals surface area contributed by atoms with Crippen molar-refractivity contribution in [3.63, 3.8) is 0 Å². The minimum absolute atomic E-state index is 0.170. The second kappa shape index (κ2) is 7.50. The van der Waals surface area contributed by atoms with Crippen LogP contribution in [0.5, 0.6) is 5.75 Å². The maximum absolute atomic E-state index is 12.3. The zero-order valence-corrected chi connectivity index (χ0v) is 14.8. The van der Waals surface area contributed by atoms with E-state index in [-0.39, 0.29) is 23.5 Å². The lowest BCUT2D eigenvalue weighted by Gasteiger charge is -2.11. The van der Waals surface area contributed by atoms with Crippen LogP contribution < -0.4 is 15.5 Å². The number of anilines is 1. The number of carbonyl (C=O) groups excluding carboxylic acids is 1. The van der Waals surface area contributed by atoms with Gasteiger partial charge in [-0.3, -0.25) is 14.9 Å². The van der Waals surface area contributed by atoms with Gasteiger partial charge in [0.15, 0.2) is 10.9 Å². The number of aryl methyl sites for hydroxylation is 1. The van der Waals surface area contributed by atoms with Crippen molar-refractivity contribution in [1.29, 1.82) is 0 Å². The Labute approximate surface area is 152 Å². The van der Waals surface area contributed by atoms with Gasteiger partial charge in [0, 0.05) is 29.7 Å². The lowest BCUT2D eigenvalue weighted by molar-refractivity contribution is 0.101. The SMILES string of the molecule is Cn1cc(OCc2ccc(Cl)cc2)c(=O)cc1C(=O)Nc1nccs1. The second-order valence-electron chi connectivity index (χ2n) is 5.20. The largest absolute Gasteiger partial charge is 0.483 e. The first-order valence-electron chi connectivity index (χ1n) is 7.31. The average Bonchev–Trinajstić information content (AvgIpc) is 3.09. The molecule has 6 nitrogen and oxygen atoms in total. The first kappa shape index (κ1) is 17.2. The summed E-state index contributed by atoms with van der Waals surface area (Å²) in [5, 5.41) is 5.50. The maximum Gasteiger partial charge on any atom is 0.274 e. The number of thiazole rings is 1. The molecule has 0 radical (unpaired) electrons. The summed E-state index contributed by atoms with van der Waals surface area (Å²) in [5.41, 5.74) is 0.743. The monoisotopic (exact) mass is 375 g/mol. The predicted octanol–water partition coefficient (Wildman–Crippen LogP) is 3.33. The Hall–Kier alpha value is -2.64. The van der Waals surface area contributed by atoms with Crippen LogP contribution in [0.3, 0.4) is 0 Å².